The van der Waals surface area contributed by atoms with Crippen LogP contribution in [-0.4, -0.2) is 0 Å². The first-order chi connectivity index (χ1) is 1.73. The van der Waals surface area contributed by atoms with Gasteiger partial charge in [-0.3, -0.25) is 0 Å². The van der Waals surface area contributed by atoms with Crippen LogP contribution in [0.3, 0.4) is 0 Å². The summed E-state index contributed by atoms with van der Waals surface area (Å²) in [5.74, 6) is 0. The third-order valence-electron chi connectivity index (χ3n) is 0. The van der Waals surface area contributed by atoms with Gasteiger partial charge in [0.1, 0.15) is 0 Å². The SMILES string of the molecule is [O-]P([O-])[O-].[Re]. The van der Waals surface area contributed by atoms with E-state index in [1.54, 1.807) is 0 Å². The molecule has 0 saturated heterocycles. The molecule has 0 spiro atoms. The average Bonchev–Trinajstić information content (AvgIpc) is 0.811. The third kappa shape index (κ3) is 46.5. The second-order valence-electron chi connectivity index (χ2n) is 0.224. The molecule has 5 heavy (non-hydrogen) atoms. The molecule has 0 bridgehead atoms. The monoisotopic (exact) mass is 266 g/mol. The van der Waals surface area contributed by atoms with Gasteiger partial charge in [0.15, 0.2) is 0 Å². The van der Waals surface area contributed by atoms with Crippen LogP contribution in [0.25, 0.3) is 0 Å². The summed E-state index contributed by atoms with van der Waals surface area (Å²) in [5, 5.41) is 0. The molecule has 0 aromatic rings. The maximum absolute atomic E-state index is 8.48. The summed E-state index contributed by atoms with van der Waals surface area (Å²) in [6.07, 6.45) is 0. The van der Waals surface area contributed by atoms with Crippen molar-refractivity contribution in [1.82, 2.24) is 0 Å². The Labute approximate surface area is 44.3 Å². The number of hydrogen-bond acceptors (Lipinski definition) is 3. The van der Waals surface area contributed by atoms with Crippen LogP contribution in [0.4, 0.5) is 0 Å². The average molecular weight is 265 g/mol. The zero-order valence-corrected chi connectivity index (χ0v) is 5.66. The van der Waals surface area contributed by atoms with E-state index in [9.17, 15) is 0 Å². The minimum absolute atomic E-state index is 0. The fourth-order valence-electron chi connectivity index (χ4n) is 0. The van der Waals surface area contributed by atoms with Gasteiger partial charge >= 0.3 is 0 Å². The molecular formula is O3PRe-3. The van der Waals surface area contributed by atoms with Gasteiger partial charge in [-0.2, -0.15) is 0 Å². The summed E-state index contributed by atoms with van der Waals surface area (Å²) in [7, 11) is -3.37. The maximum Gasteiger partial charge on any atom is 0 e. The van der Waals surface area contributed by atoms with Crippen LogP contribution in [0.5, 0.6) is 0 Å². The van der Waals surface area contributed by atoms with E-state index in [1.807, 2.05) is 0 Å². The summed E-state index contributed by atoms with van der Waals surface area (Å²) < 4.78 is 0. The van der Waals surface area contributed by atoms with Crippen molar-refractivity contribution >= 4 is 8.60 Å². The quantitative estimate of drug-likeness (QED) is 0.447. The van der Waals surface area contributed by atoms with Gasteiger partial charge in [-0.25, -0.2) is 0 Å². The van der Waals surface area contributed by atoms with Crippen LogP contribution in [0.2, 0.25) is 0 Å². The van der Waals surface area contributed by atoms with Crippen molar-refractivity contribution in [2.75, 3.05) is 0 Å². The Morgan fingerprint density at radius 3 is 1.00 bits per heavy atom. The molecule has 0 atom stereocenters. The predicted octanol–water partition coefficient (Wildman–Crippen LogP) is -2.71. The Kier molecular flexibility index (Phi) is 9.31. The Balaban J connectivity index is 0. The van der Waals surface area contributed by atoms with Gasteiger partial charge in [0, 0.05) is 20.4 Å². The van der Waals surface area contributed by atoms with E-state index in [-0.39, 0.29) is 20.4 Å². The first-order valence-corrected chi connectivity index (χ1v) is 1.64. The van der Waals surface area contributed by atoms with E-state index in [0.29, 0.717) is 0 Å². The van der Waals surface area contributed by atoms with E-state index in [4.69, 9.17) is 14.7 Å². The summed E-state index contributed by atoms with van der Waals surface area (Å²) in [5.41, 5.74) is 0. The molecular weight excluding hydrogens is 265 g/mol. The van der Waals surface area contributed by atoms with Gasteiger partial charge in [-0.15, -0.1) is 0 Å². The molecule has 0 rings (SSSR count). The Hall–Kier alpha value is 0.972. The molecule has 5 heteroatoms. The van der Waals surface area contributed by atoms with Gasteiger partial charge in [-0.05, 0) is 0 Å². The number of hydrogen-bond donors (Lipinski definition) is 0. The smallest absolute Gasteiger partial charge is 0 e. The second kappa shape index (κ2) is 4.97. The zero-order chi connectivity index (χ0) is 3.58. The Morgan fingerprint density at radius 1 is 1.00 bits per heavy atom. The first kappa shape index (κ1) is 9.36. The topological polar surface area (TPSA) is 69.2 Å². The summed E-state index contributed by atoms with van der Waals surface area (Å²) in [6.45, 7) is 0. The largest absolute Gasteiger partial charge is 0.854 e. The van der Waals surface area contributed by atoms with Crippen LogP contribution < -0.4 is 14.7 Å². The minimum Gasteiger partial charge on any atom is -0.854 e. The van der Waals surface area contributed by atoms with Crippen molar-refractivity contribution in [1.29, 1.82) is 0 Å². The van der Waals surface area contributed by atoms with Crippen molar-refractivity contribution in [3.05, 3.63) is 0 Å². The van der Waals surface area contributed by atoms with Gasteiger partial charge in [0.2, 0.25) is 0 Å². The molecule has 1 radical (unpaired) electrons. The van der Waals surface area contributed by atoms with Crippen molar-refractivity contribution in [3.63, 3.8) is 0 Å². The van der Waals surface area contributed by atoms with Crippen molar-refractivity contribution in [3.8, 4) is 0 Å². The van der Waals surface area contributed by atoms with Crippen LogP contribution in [0.1, 0.15) is 0 Å². The van der Waals surface area contributed by atoms with E-state index >= 15 is 0 Å². The molecule has 0 fully saturated rings. The van der Waals surface area contributed by atoms with Gasteiger partial charge in [0.05, 0.1) is 0 Å². The zero-order valence-electron chi connectivity index (χ0n) is 2.05. The van der Waals surface area contributed by atoms with E-state index < -0.39 is 8.60 Å². The van der Waals surface area contributed by atoms with Gasteiger partial charge < -0.3 is 23.3 Å². The van der Waals surface area contributed by atoms with Crippen LogP contribution >= 0.6 is 8.60 Å². The summed E-state index contributed by atoms with van der Waals surface area (Å²) in [6, 6.07) is 0. The molecule has 0 N–H and O–H groups in total. The van der Waals surface area contributed by atoms with Crippen LogP contribution in [0, 0.1) is 0 Å². The van der Waals surface area contributed by atoms with Gasteiger partial charge in [0.25, 0.3) is 0 Å². The Bertz CT molecular complexity index is 11.6. The summed E-state index contributed by atoms with van der Waals surface area (Å²) >= 11 is 0. The molecule has 0 aliphatic rings. The second-order valence-corrected chi connectivity index (χ2v) is 0.671. The van der Waals surface area contributed by atoms with E-state index in [1.165, 1.54) is 0 Å². The van der Waals surface area contributed by atoms with Crippen molar-refractivity contribution in [2.45, 2.75) is 0 Å². The van der Waals surface area contributed by atoms with E-state index in [0.717, 1.165) is 0 Å². The van der Waals surface area contributed by atoms with E-state index in [2.05, 4.69) is 0 Å². The summed E-state index contributed by atoms with van der Waals surface area (Å²) in [4.78, 5) is 25.4. The molecule has 0 saturated carbocycles. The van der Waals surface area contributed by atoms with Crippen LogP contribution in [0.15, 0.2) is 0 Å². The normalized spacial score (nSPS) is 7.20. The predicted molar refractivity (Wildman–Crippen MR) is 6.92 cm³/mol. The first-order valence-electron chi connectivity index (χ1n) is 0.548. The number of rotatable bonds is 0. The van der Waals surface area contributed by atoms with Crippen molar-refractivity contribution in [2.24, 2.45) is 0 Å². The fourth-order valence-corrected chi connectivity index (χ4v) is 0. The minimum atomic E-state index is -3.37. The standard InChI is InChI=1S/O3P.Re/c1-4(2)3;/q-3;. The maximum atomic E-state index is 8.48. The molecule has 0 aromatic heterocycles. The third-order valence-corrected chi connectivity index (χ3v) is 0. The van der Waals surface area contributed by atoms with Crippen molar-refractivity contribution < 1.29 is 35.1 Å². The fraction of sp³-hybridized carbons (Fsp3) is 0. The molecule has 0 heterocycles. The molecule has 0 aliphatic carbocycles. The molecule has 0 aromatic carbocycles. The molecule has 0 amide bonds. The van der Waals surface area contributed by atoms with Gasteiger partial charge in [-0.1, -0.05) is 0 Å². The Morgan fingerprint density at radius 2 is 1.00 bits per heavy atom. The molecule has 0 aliphatic heterocycles. The molecule has 0 unspecified atom stereocenters. The molecule has 3 nitrogen and oxygen atoms in total. The van der Waals surface area contributed by atoms with Crippen LogP contribution in [-0.2, 0) is 20.4 Å². The molecule has 33 valence electrons.